The van der Waals surface area contributed by atoms with Gasteiger partial charge >= 0.3 is 29.4 Å². The van der Waals surface area contributed by atoms with Crippen LogP contribution in [-0.4, -0.2) is 126 Å². The van der Waals surface area contributed by atoms with Crippen molar-refractivity contribution < 1.29 is 100 Å². The standard InChI is InChI=1S/C30H35N8O21P3/c1-13(16-5-4-14(30(43)44)7-17(16)38(45)46)35-27(42)15-3-2-6-36(8-15)28-23(41)21(39)18(56-28)9-54-61(50,51)59-62(52,53)55-10-19-22(40)24(58-60(47,48)49)29(57-19)37-12-34-20-25(31)32-11-33-26(20)37/h2-8,11-13,18-19,21-24,28-29,39-41H,9-10H2,1H3,(H7-,31,32,33,35,42,43,44,47,48,49,50,51,52,53)/p+1/t13?,18-,19-,21-,22-,23-,24-,28-,29-/m1/s1. The number of ether oxygens (including phenoxy) is 2. The van der Waals surface area contributed by atoms with Gasteiger partial charge in [0.05, 0.1) is 41.6 Å². The molecule has 0 bridgehead atoms. The molecule has 3 unspecified atom stereocenters. The van der Waals surface area contributed by atoms with Crippen molar-refractivity contribution in [3.8, 4) is 0 Å². The van der Waals surface area contributed by atoms with Crippen molar-refractivity contribution in [3.63, 3.8) is 0 Å². The second kappa shape index (κ2) is 18.1. The van der Waals surface area contributed by atoms with Crippen molar-refractivity contribution in [2.45, 2.75) is 62.0 Å². The number of carboxylic acids is 1. The number of phosphoric ester groups is 3. The Labute approximate surface area is 345 Å². The molecule has 1 amide bonds. The summed E-state index contributed by atoms with van der Waals surface area (Å²) in [6.45, 7) is -0.763. The number of phosphoric acid groups is 3. The van der Waals surface area contributed by atoms with E-state index >= 15 is 0 Å². The van der Waals surface area contributed by atoms with E-state index in [2.05, 4.69) is 24.6 Å². The normalized spacial score (nSPS) is 26.5. The van der Waals surface area contributed by atoms with Crippen LogP contribution < -0.4 is 15.6 Å². The fraction of sp³-hybridized carbons (Fsp3) is 0.400. The molecule has 2 aliphatic rings. The Bertz CT molecular complexity index is 2510. The molecule has 11 N–H and O–H groups in total. The highest BCUT2D eigenvalue weighted by Crippen LogP contribution is 2.61. The molecule has 4 aromatic rings. The predicted molar refractivity (Wildman–Crippen MR) is 198 cm³/mol. The second-order valence-electron chi connectivity index (χ2n) is 13.4. The molecule has 0 radical (unpaired) electrons. The largest absolute Gasteiger partial charge is 0.481 e. The number of fused-ring (bicyclic) bond motifs is 1. The third kappa shape index (κ3) is 10.5. The molecule has 2 aliphatic heterocycles. The lowest BCUT2D eigenvalue weighted by atomic mass is 10.0. The highest BCUT2D eigenvalue weighted by molar-refractivity contribution is 7.61. The Morgan fingerprint density at radius 3 is 2.27 bits per heavy atom. The number of imidazole rings is 1. The van der Waals surface area contributed by atoms with E-state index in [1.807, 2.05) is 0 Å². The summed E-state index contributed by atoms with van der Waals surface area (Å²) < 4.78 is 69.1. The number of nitrogens with two attached hydrogens (primary N) is 1. The number of carbonyl (C=O) groups is 2. The summed E-state index contributed by atoms with van der Waals surface area (Å²) in [4.78, 5) is 86.4. The van der Waals surface area contributed by atoms with Crippen molar-refractivity contribution >= 4 is 58.0 Å². The number of anilines is 1. The van der Waals surface area contributed by atoms with Gasteiger partial charge in [-0.1, -0.05) is 0 Å². The monoisotopic (exact) mass is 937 g/mol. The van der Waals surface area contributed by atoms with E-state index < -0.39 is 114 Å². The van der Waals surface area contributed by atoms with Gasteiger partial charge in [0.15, 0.2) is 36.2 Å². The highest BCUT2D eigenvalue weighted by Gasteiger charge is 2.52. The van der Waals surface area contributed by atoms with Gasteiger partial charge in [0.1, 0.15) is 47.9 Å². The van der Waals surface area contributed by atoms with Crippen LogP contribution in [0.1, 0.15) is 51.7 Å². The topological polar surface area (TPSA) is 431 Å². The molecule has 0 aliphatic carbocycles. The van der Waals surface area contributed by atoms with E-state index in [4.69, 9.17) is 28.8 Å². The SMILES string of the molecule is CC(NC(=O)c1ccc[n+]([C@@H]2O[C@H](COP(=O)(O)OP(=O)(O)OC[C@H]3O[C@@H](n4cnc5c(N)ncnc54)[C@H](OP(=O)(O)O)[C@@H]3O)[C@@H](O)[C@H]2O)c1)c1ccc(C(=O)O)cc1[N+](=O)[O-]. The minimum absolute atomic E-state index is 0.00523. The number of aliphatic hydroxyl groups is 3. The Hall–Kier alpha value is -4.77. The van der Waals surface area contributed by atoms with Crippen molar-refractivity contribution in [2.75, 3.05) is 18.9 Å². The average Bonchev–Trinajstić information content (AvgIpc) is 3.85. The summed E-state index contributed by atoms with van der Waals surface area (Å²) >= 11 is 0. The second-order valence-corrected chi connectivity index (χ2v) is 17.7. The Morgan fingerprint density at radius 2 is 1.65 bits per heavy atom. The first-order chi connectivity index (χ1) is 28.9. The number of aliphatic hydroxyl groups excluding tert-OH is 3. The number of nitrogens with one attached hydrogen (secondary N) is 1. The van der Waals surface area contributed by atoms with Crippen LogP contribution in [0, 0.1) is 10.1 Å². The number of nitrogen functional groups attached to an aromatic ring is 1. The number of rotatable bonds is 17. The number of pyridine rings is 1. The molecule has 2 saturated heterocycles. The van der Waals surface area contributed by atoms with Crippen molar-refractivity contribution in [1.82, 2.24) is 24.8 Å². The van der Waals surface area contributed by atoms with Gasteiger partial charge < -0.3 is 60.5 Å². The van der Waals surface area contributed by atoms with Gasteiger partial charge in [-0.15, -0.1) is 0 Å². The number of amides is 1. The molecule has 11 atom stereocenters. The molecule has 32 heteroatoms. The van der Waals surface area contributed by atoms with Gasteiger partial charge in [-0.2, -0.15) is 8.88 Å². The molecular formula is C30H36N8O21P3+. The van der Waals surface area contributed by atoms with Crippen LogP contribution in [0.15, 0.2) is 55.4 Å². The Kier molecular flexibility index (Phi) is 13.7. The summed E-state index contributed by atoms with van der Waals surface area (Å²) in [5.41, 5.74) is 4.81. The van der Waals surface area contributed by atoms with Crippen LogP contribution in [-0.2, 0) is 41.1 Å². The first kappa shape index (κ1) is 46.7. The lowest BCUT2D eigenvalue weighted by Crippen LogP contribution is -2.46. The summed E-state index contributed by atoms with van der Waals surface area (Å²) in [6, 6.07) is 4.83. The fourth-order valence-corrected chi connectivity index (χ4v) is 9.02. The number of benzene rings is 1. The van der Waals surface area contributed by atoms with Crippen molar-refractivity contribution in [3.05, 3.63) is 82.2 Å². The van der Waals surface area contributed by atoms with Crippen LogP contribution in [0.25, 0.3) is 11.2 Å². The molecule has 5 heterocycles. The zero-order chi connectivity index (χ0) is 45.5. The van der Waals surface area contributed by atoms with Gasteiger partial charge in [-0.05, 0) is 25.1 Å². The molecule has 2 fully saturated rings. The molecule has 336 valence electrons. The number of hydrogen-bond donors (Lipinski definition) is 10. The number of carbonyl (C=O) groups excluding carboxylic acids is 1. The van der Waals surface area contributed by atoms with Gasteiger partial charge in [0.2, 0.25) is 0 Å². The third-order valence-corrected chi connectivity index (χ3v) is 12.4. The number of nitro groups is 1. The fourth-order valence-electron chi connectivity index (χ4n) is 6.38. The zero-order valence-corrected chi connectivity index (χ0v) is 34.0. The van der Waals surface area contributed by atoms with E-state index in [1.54, 1.807) is 0 Å². The average molecular weight is 938 g/mol. The summed E-state index contributed by atoms with van der Waals surface area (Å²) in [7, 11) is -16.5. The van der Waals surface area contributed by atoms with Gasteiger partial charge in [-0.3, -0.25) is 33.0 Å². The van der Waals surface area contributed by atoms with Gasteiger partial charge in [-0.25, -0.2) is 33.4 Å². The van der Waals surface area contributed by atoms with E-state index in [-0.39, 0.29) is 33.7 Å². The van der Waals surface area contributed by atoms with Gasteiger partial charge in [0.25, 0.3) is 17.8 Å². The molecule has 62 heavy (non-hydrogen) atoms. The third-order valence-electron chi connectivity index (χ3n) is 9.25. The smallest absolute Gasteiger partial charge is 0.478 e. The van der Waals surface area contributed by atoms with Crippen LogP contribution in [0.2, 0.25) is 0 Å². The van der Waals surface area contributed by atoms with Crippen LogP contribution >= 0.6 is 23.5 Å². The van der Waals surface area contributed by atoms with Crippen LogP contribution in [0.3, 0.4) is 0 Å². The van der Waals surface area contributed by atoms with E-state index in [0.29, 0.717) is 0 Å². The number of nitro benzene ring substituents is 1. The number of aromatic nitrogens is 5. The molecular weight excluding hydrogens is 901 g/mol. The maximum atomic E-state index is 13.2. The number of nitrogens with zero attached hydrogens (tertiary/aromatic N) is 6. The quantitative estimate of drug-likeness (QED) is 0.0265. The molecule has 0 saturated carbocycles. The lowest BCUT2D eigenvalue weighted by molar-refractivity contribution is -0.765. The number of hydrogen-bond acceptors (Lipinski definition) is 20. The Balaban J connectivity index is 1.05. The van der Waals surface area contributed by atoms with Crippen LogP contribution in [0.5, 0.6) is 0 Å². The highest BCUT2D eigenvalue weighted by atomic mass is 31.3. The minimum atomic E-state index is -5.62. The first-order valence-corrected chi connectivity index (χ1v) is 22.0. The summed E-state index contributed by atoms with van der Waals surface area (Å²) in [6.07, 6.45) is -9.29. The Morgan fingerprint density at radius 1 is 0.984 bits per heavy atom. The zero-order valence-electron chi connectivity index (χ0n) is 31.3. The van der Waals surface area contributed by atoms with E-state index in [0.717, 1.165) is 33.9 Å². The minimum Gasteiger partial charge on any atom is -0.478 e. The first-order valence-electron chi connectivity index (χ1n) is 17.5. The van der Waals surface area contributed by atoms with Crippen LogP contribution in [0.4, 0.5) is 11.5 Å². The van der Waals surface area contributed by atoms with Crippen molar-refractivity contribution in [1.29, 1.82) is 0 Å². The molecule has 6 rings (SSSR count). The van der Waals surface area contributed by atoms with Crippen molar-refractivity contribution in [2.24, 2.45) is 0 Å². The number of carboxylic acid groups (broad SMARTS) is 1. The molecule has 3 aromatic heterocycles. The lowest BCUT2D eigenvalue weighted by Gasteiger charge is -2.22. The molecule has 29 nitrogen and oxygen atoms in total. The van der Waals surface area contributed by atoms with E-state index in [1.165, 1.54) is 37.5 Å². The maximum Gasteiger partial charge on any atom is 0.481 e. The number of aromatic carboxylic acids is 1. The summed E-state index contributed by atoms with van der Waals surface area (Å²) in [5.74, 6) is -2.26. The van der Waals surface area contributed by atoms with Gasteiger partial charge in [0, 0.05) is 12.1 Å². The molecule has 1 aromatic carbocycles. The van der Waals surface area contributed by atoms with E-state index in [9.17, 15) is 73.4 Å². The maximum absolute atomic E-state index is 13.2. The summed E-state index contributed by atoms with van der Waals surface area (Å²) in [5, 5.41) is 55.6. The predicted octanol–water partition coefficient (Wildman–Crippen LogP) is -0.900. The molecule has 0 spiro atoms.